The number of piperidine rings is 1. The molecular weight excluding hydrogens is 318 g/mol. The fourth-order valence-electron chi connectivity index (χ4n) is 3.39. The van der Waals surface area contributed by atoms with Crippen LogP contribution in [-0.2, 0) is 0 Å². The first-order valence-corrected chi connectivity index (χ1v) is 8.77. The molecule has 0 atom stereocenters. The smallest absolute Gasteiger partial charge is 0.268 e. The normalized spacial score (nSPS) is 18.1. The van der Waals surface area contributed by atoms with Crippen LogP contribution in [0.4, 0.5) is 0 Å². The van der Waals surface area contributed by atoms with Gasteiger partial charge in [-0.2, -0.15) is 0 Å². The van der Waals surface area contributed by atoms with Crippen molar-refractivity contribution in [2.75, 3.05) is 33.4 Å². The van der Waals surface area contributed by atoms with E-state index in [-0.39, 0.29) is 11.9 Å². The Morgan fingerprint density at radius 1 is 1.12 bits per heavy atom. The third-order valence-corrected chi connectivity index (χ3v) is 4.84. The predicted octanol–water partition coefficient (Wildman–Crippen LogP) is 2.07. The van der Waals surface area contributed by atoms with Crippen LogP contribution in [0.25, 0.3) is 5.69 Å². The average Bonchev–Trinajstić information content (AvgIpc) is 3.13. The van der Waals surface area contributed by atoms with Crippen LogP contribution in [0.2, 0.25) is 0 Å². The molecule has 0 bridgehead atoms. The molecule has 2 aliphatic rings. The molecule has 1 N–H and O–H groups in total. The lowest BCUT2D eigenvalue weighted by Crippen LogP contribution is -2.43. The van der Waals surface area contributed by atoms with E-state index in [1.54, 1.807) is 0 Å². The Morgan fingerprint density at radius 2 is 1.88 bits per heavy atom. The van der Waals surface area contributed by atoms with Crippen molar-refractivity contribution in [3.8, 4) is 17.2 Å². The first-order chi connectivity index (χ1) is 12.2. The molecule has 1 saturated heterocycles. The van der Waals surface area contributed by atoms with Gasteiger partial charge in [-0.15, -0.1) is 0 Å². The van der Waals surface area contributed by atoms with Crippen LogP contribution in [0.3, 0.4) is 0 Å². The number of carbonyl (C=O) groups excluding carboxylic acids is 1. The van der Waals surface area contributed by atoms with Gasteiger partial charge in [0.25, 0.3) is 5.91 Å². The monoisotopic (exact) mass is 341 g/mol. The highest BCUT2D eigenvalue weighted by Crippen LogP contribution is 2.32. The first-order valence-electron chi connectivity index (χ1n) is 8.77. The highest BCUT2D eigenvalue weighted by Gasteiger charge is 2.21. The van der Waals surface area contributed by atoms with Crippen LogP contribution in [0.5, 0.6) is 11.5 Å². The summed E-state index contributed by atoms with van der Waals surface area (Å²) < 4.78 is 13.1. The Balaban J connectivity index is 1.53. The molecule has 0 radical (unpaired) electrons. The van der Waals surface area contributed by atoms with Gasteiger partial charge in [0.2, 0.25) is 0 Å². The van der Waals surface area contributed by atoms with E-state index >= 15 is 0 Å². The summed E-state index contributed by atoms with van der Waals surface area (Å²) >= 11 is 0. The topological polar surface area (TPSA) is 55.7 Å². The zero-order valence-electron chi connectivity index (χ0n) is 14.4. The molecule has 25 heavy (non-hydrogen) atoms. The van der Waals surface area contributed by atoms with Crippen molar-refractivity contribution in [2.24, 2.45) is 0 Å². The third-order valence-electron chi connectivity index (χ3n) is 4.84. The van der Waals surface area contributed by atoms with Crippen molar-refractivity contribution in [1.29, 1.82) is 0 Å². The van der Waals surface area contributed by atoms with Crippen molar-refractivity contribution in [3.05, 3.63) is 42.2 Å². The number of amides is 1. The SMILES string of the molecule is CN1CCC(NC(=O)c2cccn2-c2ccc3c(c2)OCCO3)CC1. The fraction of sp³-hybridized carbons (Fsp3) is 0.421. The van der Waals surface area contributed by atoms with Gasteiger partial charge >= 0.3 is 0 Å². The molecule has 0 aliphatic carbocycles. The highest BCUT2D eigenvalue weighted by molar-refractivity contribution is 5.93. The molecule has 1 aromatic heterocycles. The number of likely N-dealkylation sites (tertiary alicyclic amines) is 1. The van der Waals surface area contributed by atoms with E-state index in [1.807, 2.05) is 41.1 Å². The summed E-state index contributed by atoms with van der Waals surface area (Å²) in [7, 11) is 2.12. The van der Waals surface area contributed by atoms with Crippen molar-refractivity contribution in [1.82, 2.24) is 14.8 Å². The third kappa shape index (κ3) is 3.35. The Hall–Kier alpha value is -2.47. The van der Waals surface area contributed by atoms with E-state index in [9.17, 15) is 4.79 Å². The molecule has 132 valence electrons. The number of benzene rings is 1. The quantitative estimate of drug-likeness (QED) is 0.929. The van der Waals surface area contributed by atoms with Gasteiger partial charge in [-0.3, -0.25) is 4.79 Å². The van der Waals surface area contributed by atoms with E-state index in [0.29, 0.717) is 18.9 Å². The van der Waals surface area contributed by atoms with Crippen LogP contribution in [0.15, 0.2) is 36.5 Å². The van der Waals surface area contributed by atoms with E-state index in [2.05, 4.69) is 17.3 Å². The van der Waals surface area contributed by atoms with E-state index < -0.39 is 0 Å². The zero-order chi connectivity index (χ0) is 17.2. The van der Waals surface area contributed by atoms with Crippen LogP contribution in [0.1, 0.15) is 23.3 Å². The maximum atomic E-state index is 12.7. The second-order valence-corrected chi connectivity index (χ2v) is 6.64. The number of nitrogens with one attached hydrogen (secondary N) is 1. The summed E-state index contributed by atoms with van der Waals surface area (Å²) in [6, 6.07) is 9.73. The molecule has 2 aromatic rings. The molecule has 0 saturated carbocycles. The number of ether oxygens (including phenoxy) is 2. The average molecular weight is 341 g/mol. The van der Waals surface area contributed by atoms with Crippen molar-refractivity contribution in [3.63, 3.8) is 0 Å². The van der Waals surface area contributed by atoms with Gasteiger partial charge in [0.05, 0.1) is 0 Å². The second kappa shape index (κ2) is 6.80. The molecule has 4 rings (SSSR count). The molecule has 2 aliphatic heterocycles. The molecule has 0 unspecified atom stereocenters. The summed E-state index contributed by atoms with van der Waals surface area (Å²) in [5.41, 5.74) is 1.53. The Kier molecular flexibility index (Phi) is 4.36. The molecule has 0 spiro atoms. The number of rotatable bonds is 3. The molecule has 3 heterocycles. The van der Waals surface area contributed by atoms with Crippen LogP contribution >= 0.6 is 0 Å². The number of aromatic nitrogens is 1. The molecular formula is C19H23N3O3. The molecule has 6 heteroatoms. The van der Waals surface area contributed by atoms with Gasteiger partial charge in [0, 0.05) is 24.0 Å². The van der Waals surface area contributed by atoms with E-state index in [4.69, 9.17) is 9.47 Å². The van der Waals surface area contributed by atoms with E-state index in [1.165, 1.54) is 0 Å². The summed E-state index contributed by atoms with van der Waals surface area (Å²) in [5, 5.41) is 3.17. The van der Waals surface area contributed by atoms with E-state index in [0.717, 1.165) is 43.1 Å². The summed E-state index contributed by atoms with van der Waals surface area (Å²) in [6.45, 7) is 3.16. The minimum atomic E-state index is -0.0329. The number of hydrogen-bond donors (Lipinski definition) is 1. The van der Waals surface area contributed by atoms with Gasteiger partial charge in [-0.25, -0.2) is 0 Å². The van der Waals surface area contributed by atoms with Crippen LogP contribution < -0.4 is 14.8 Å². The Labute approximate surface area is 147 Å². The number of nitrogens with zero attached hydrogens (tertiary/aromatic N) is 2. The van der Waals surface area contributed by atoms with Crippen LogP contribution in [-0.4, -0.2) is 54.8 Å². The lowest BCUT2D eigenvalue weighted by atomic mass is 10.1. The lowest BCUT2D eigenvalue weighted by Gasteiger charge is -2.29. The van der Waals surface area contributed by atoms with Gasteiger partial charge in [-0.1, -0.05) is 0 Å². The minimum Gasteiger partial charge on any atom is -0.486 e. The summed E-state index contributed by atoms with van der Waals surface area (Å²) in [5.74, 6) is 1.44. The predicted molar refractivity (Wildman–Crippen MR) is 94.7 cm³/mol. The standard InChI is InChI=1S/C19H23N3O3/c1-21-9-6-14(7-10-21)20-19(23)16-3-2-8-22(16)15-4-5-17-18(13-15)25-12-11-24-17/h2-5,8,13-14H,6-7,9-12H2,1H3,(H,20,23). The summed E-state index contributed by atoms with van der Waals surface area (Å²) in [6.07, 6.45) is 3.88. The maximum Gasteiger partial charge on any atom is 0.268 e. The molecule has 1 amide bonds. The molecule has 1 aromatic carbocycles. The molecule has 1 fully saturated rings. The number of hydrogen-bond acceptors (Lipinski definition) is 4. The second-order valence-electron chi connectivity index (χ2n) is 6.64. The largest absolute Gasteiger partial charge is 0.486 e. The fourth-order valence-corrected chi connectivity index (χ4v) is 3.39. The summed E-state index contributed by atoms with van der Waals surface area (Å²) in [4.78, 5) is 15.0. The van der Waals surface area contributed by atoms with Gasteiger partial charge in [0.1, 0.15) is 18.9 Å². The van der Waals surface area contributed by atoms with Crippen LogP contribution in [0, 0.1) is 0 Å². The van der Waals surface area contributed by atoms with Crippen molar-refractivity contribution in [2.45, 2.75) is 18.9 Å². The first kappa shape index (κ1) is 16.0. The van der Waals surface area contributed by atoms with Crippen molar-refractivity contribution < 1.29 is 14.3 Å². The van der Waals surface area contributed by atoms with Crippen molar-refractivity contribution >= 4 is 5.91 Å². The van der Waals surface area contributed by atoms with Gasteiger partial charge in [-0.05, 0) is 57.2 Å². The lowest BCUT2D eigenvalue weighted by molar-refractivity contribution is 0.0910. The minimum absolute atomic E-state index is 0.0329. The molecule has 6 nitrogen and oxygen atoms in total. The highest BCUT2D eigenvalue weighted by atomic mass is 16.6. The number of carbonyl (C=O) groups is 1. The Bertz CT molecular complexity index is 763. The Morgan fingerprint density at radius 3 is 2.68 bits per heavy atom. The zero-order valence-corrected chi connectivity index (χ0v) is 14.4. The maximum absolute atomic E-state index is 12.7. The number of fused-ring (bicyclic) bond motifs is 1. The van der Waals surface area contributed by atoms with Gasteiger partial charge in [0.15, 0.2) is 11.5 Å². The van der Waals surface area contributed by atoms with Gasteiger partial charge < -0.3 is 24.3 Å².